The molecule has 1 aliphatic rings. The minimum absolute atomic E-state index is 0.268. The summed E-state index contributed by atoms with van der Waals surface area (Å²) in [5, 5.41) is 0. The summed E-state index contributed by atoms with van der Waals surface area (Å²) in [7, 11) is 1.65. The molecule has 0 amide bonds. The average Bonchev–Trinajstić information content (AvgIpc) is 3.37. The van der Waals surface area contributed by atoms with Gasteiger partial charge in [0.1, 0.15) is 5.82 Å². The van der Waals surface area contributed by atoms with Crippen molar-refractivity contribution in [3.8, 4) is 11.4 Å². The number of methoxy groups -OCH3 is 1. The molecule has 0 unspecified atom stereocenters. The van der Waals surface area contributed by atoms with Gasteiger partial charge >= 0.3 is 0 Å². The van der Waals surface area contributed by atoms with E-state index in [-0.39, 0.29) is 6.04 Å². The molecule has 0 bridgehead atoms. The minimum atomic E-state index is -0.883. The van der Waals surface area contributed by atoms with E-state index >= 15 is 0 Å². The van der Waals surface area contributed by atoms with Gasteiger partial charge in [-0.1, -0.05) is 0 Å². The molecule has 1 saturated carbocycles. The summed E-state index contributed by atoms with van der Waals surface area (Å²) in [5.41, 5.74) is 2.31. The summed E-state index contributed by atoms with van der Waals surface area (Å²) in [6.45, 7) is 3.92. The van der Waals surface area contributed by atoms with Gasteiger partial charge in [-0.3, -0.25) is 4.98 Å². The molecule has 130 valence electrons. The minimum Gasteiger partial charge on any atom is -0.374 e. The number of benzene rings is 1. The van der Waals surface area contributed by atoms with Crippen LogP contribution in [0.3, 0.4) is 0 Å². The van der Waals surface area contributed by atoms with Gasteiger partial charge in [0, 0.05) is 48.8 Å². The summed E-state index contributed by atoms with van der Waals surface area (Å²) < 4.78 is 34.9. The predicted octanol–water partition coefficient (Wildman–Crippen LogP) is 4.59. The fourth-order valence-corrected chi connectivity index (χ4v) is 3.01. The number of hydrogen-bond donors (Lipinski definition) is 0. The summed E-state index contributed by atoms with van der Waals surface area (Å²) in [5.74, 6) is -1.05. The molecule has 1 aromatic carbocycles. The number of halogens is 2. The molecular formula is C19H19F2N3O. The lowest BCUT2D eigenvalue weighted by atomic mass is 9.98. The molecule has 0 N–H and O–H groups in total. The first-order valence-electron chi connectivity index (χ1n) is 8.29. The smallest absolute Gasteiger partial charge is 0.161 e. The molecule has 4 nitrogen and oxygen atoms in total. The van der Waals surface area contributed by atoms with E-state index in [0.29, 0.717) is 16.9 Å². The van der Waals surface area contributed by atoms with Crippen LogP contribution in [0.4, 0.5) is 8.78 Å². The highest BCUT2D eigenvalue weighted by molar-refractivity contribution is 5.81. The number of aromatic nitrogens is 3. The highest BCUT2D eigenvalue weighted by Crippen LogP contribution is 2.42. The Bertz CT molecular complexity index is 961. The molecule has 1 fully saturated rings. The fourth-order valence-electron chi connectivity index (χ4n) is 3.01. The Kier molecular flexibility index (Phi) is 3.61. The van der Waals surface area contributed by atoms with Crippen molar-refractivity contribution in [1.82, 2.24) is 14.5 Å². The highest BCUT2D eigenvalue weighted by atomic mass is 19.2. The zero-order chi connectivity index (χ0) is 17.8. The van der Waals surface area contributed by atoms with Gasteiger partial charge in [-0.15, -0.1) is 0 Å². The van der Waals surface area contributed by atoms with Crippen molar-refractivity contribution in [1.29, 1.82) is 0 Å². The molecule has 6 heteroatoms. The molecule has 1 aliphatic carbocycles. The molecule has 2 aromatic heterocycles. The Morgan fingerprint density at radius 3 is 2.52 bits per heavy atom. The number of rotatable bonds is 4. The standard InChI is InChI=1S/C19H19F2N3O/c1-19(2,25-3)12-6-11(9-22-10-12)18-23-16-7-14(20)15(21)8-17(16)24(18)13-4-5-13/h6-10,13H,4-5H2,1-3H3. The van der Waals surface area contributed by atoms with Crippen molar-refractivity contribution in [2.24, 2.45) is 0 Å². The molecular weight excluding hydrogens is 324 g/mol. The SMILES string of the molecule is COC(C)(C)c1cncc(-c2nc3cc(F)c(F)cc3n2C2CC2)c1. The first kappa shape index (κ1) is 16.1. The van der Waals surface area contributed by atoms with Crippen molar-refractivity contribution < 1.29 is 13.5 Å². The zero-order valence-electron chi connectivity index (χ0n) is 14.4. The second-order valence-corrected chi connectivity index (χ2v) is 6.97. The van der Waals surface area contributed by atoms with E-state index in [1.165, 1.54) is 6.07 Å². The third-order valence-electron chi connectivity index (χ3n) is 4.85. The Balaban J connectivity index is 1.92. The first-order chi connectivity index (χ1) is 11.9. The molecule has 3 aromatic rings. The highest BCUT2D eigenvalue weighted by Gasteiger charge is 2.30. The molecule has 0 atom stereocenters. The van der Waals surface area contributed by atoms with E-state index in [0.717, 1.165) is 30.0 Å². The van der Waals surface area contributed by atoms with Gasteiger partial charge in [0.15, 0.2) is 11.6 Å². The number of imidazole rings is 1. The van der Waals surface area contributed by atoms with Crippen molar-refractivity contribution >= 4 is 11.0 Å². The van der Waals surface area contributed by atoms with E-state index in [9.17, 15) is 8.78 Å². The van der Waals surface area contributed by atoms with Gasteiger partial charge < -0.3 is 9.30 Å². The van der Waals surface area contributed by atoms with E-state index in [2.05, 4.69) is 9.97 Å². The molecule has 25 heavy (non-hydrogen) atoms. The quantitative estimate of drug-likeness (QED) is 0.695. The van der Waals surface area contributed by atoms with Gasteiger partial charge in [-0.2, -0.15) is 0 Å². The monoisotopic (exact) mass is 343 g/mol. The number of pyridine rings is 1. The maximum atomic E-state index is 13.7. The Morgan fingerprint density at radius 1 is 1.12 bits per heavy atom. The summed E-state index contributed by atoms with van der Waals surface area (Å²) in [6, 6.07) is 4.63. The number of ether oxygens (including phenoxy) is 1. The average molecular weight is 343 g/mol. The molecule has 0 radical (unpaired) electrons. The van der Waals surface area contributed by atoms with Crippen LogP contribution in [0.2, 0.25) is 0 Å². The molecule has 0 saturated heterocycles. The van der Waals surface area contributed by atoms with Gasteiger partial charge in [-0.05, 0) is 32.8 Å². The van der Waals surface area contributed by atoms with E-state index in [1.807, 2.05) is 24.5 Å². The third-order valence-corrected chi connectivity index (χ3v) is 4.85. The van der Waals surface area contributed by atoms with Gasteiger partial charge in [0.25, 0.3) is 0 Å². The Hall–Kier alpha value is -2.34. The molecule has 4 rings (SSSR count). The lowest BCUT2D eigenvalue weighted by Crippen LogP contribution is -2.19. The summed E-state index contributed by atoms with van der Waals surface area (Å²) >= 11 is 0. The van der Waals surface area contributed by atoms with Crippen LogP contribution in [-0.2, 0) is 10.3 Å². The van der Waals surface area contributed by atoms with Crippen LogP contribution in [0, 0.1) is 11.6 Å². The van der Waals surface area contributed by atoms with Crippen molar-refractivity contribution in [2.75, 3.05) is 7.11 Å². The molecule has 2 heterocycles. The van der Waals surface area contributed by atoms with Crippen LogP contribution in [0.5, 0.6) is 0 Å². The van der Waals surface area contributed by atoms with E-state index in [4.69, 9.17) is 4.74 Å². The Labute approximate surface area is 144 Å². The van der Waals surface area contributed by atoms with E-state index < -0.39 is 17.2 Å². The second kappa shape index (κ2) is 5.59. The van der Waals surface area contributed by atoms with Crippen LogP contribution in [0.25, 0.3) is 22.4 Å². The van der Waals surface area contributed by atoms with Crippen LogP contribution in [-0.4, -0.2) is 21.6 Å². The first-order valence-corrected chi connectivity index (χ1v) is 8.29. The largest absolute Gasteiger partial charge is 0.374 e. The summed E-state index contributed by atoms with van der Waals surface area (Å²) in [4.78, 5) is 8.89. The fraction of sp³-hybridized carbons (Fsp3) is 0.368. The van der Waals surface area contributed by atoms with Gasteiger partial charge in [0.2, 0.25) is 0 Å². The van der Waals surface area contributed by atoms with Crippen molar-refractivity contribution in [2.45, 2.75) is 38.3 Å². The maximum absolute atomic E-state index is 13.7. The van der Waals surface area contributed by atoms with Gasteiger partial charge in [-0.25, -0.2) is 13.8 Å². The van der Waals surface area contributed by atoms with Crippen LogP contribution >= 0.6 is 0 Å². The second-order valence-electron chi connectivity index (χ2n) is 6.97. The lowest BCUT2D eigenvalue weighted by Gasteiger charge is -2.23. The lowest BCUT2D eigenvalue weighted by molar-refractivity contribution is 0.0190. The van der Waals surface area contributed by atoms with Crippen LogP contribution in [0.1, 0.15) is 38.3 Å². The van der Waals surface area contributed by atoms with Crippen LogP contribution in [0.15, 0.2) is 30.6 Å². The maximum Gasteiger partial charge on any atom is 0.161 e. The third kappa shape index (κ3) is 2.70. The van der Waals surface area contributed by atoms with Crippen molar-refractivity contribution in [3.05, 3.63) is 47.8 Å². The molecule has 0 spiro atoms. The molecule has 0 aliphatic heterocycles. The van der Waals surface area contributed by atoms with Crippen molar-refractivity contribution in [3.63, 3.8) is 0 Å². The number of nitrogens with zero attached hydrogens (tertiary/aromatic N) is 3. The number of fused-ring (bicyclic) bond motifs is 1. The van der Waals surface area contributed by atoms with Crippen LogP contribution < -0.4 is 0 Å². The van der Waals surface area contributed by atoms with Gasteiger partial charge in [0.05, 0.1) is 16.6 Å². The summed E-state index contributed by atoms with van der Waals surface area (Å²) in [6.07, 6.45) is 5.50. The van der Waals surface area contributed by atoms with E-state index in [1.54, 1.807) is 19.5 Å². The Morgan fingerprint density at radius 2 is 1.84 bits per heavy atom. The number of hydrogen-bond acceptors (Lipinski definition) is 3. The normalized spacial score (nSPS) is 15.1. The topological polar surface area (TPSA) is 39.9 Å². The zero-order valence-corrected chi connectivity index (χ0v) is 14.4. The predicted molar refractivity (Wildman–Crippen MR) is 91.2 cm³/mol.